The maximum absolute atomic E-state index is 5.61. The summed E-state index contributed by atoms with van der Waals surface area (Å²) in [5.41, 5.74) is 3.35. The largest absolute Gasteiger partial charge is 0.489 e. The van der Waals surface area contributed by atoms with Crippen LogP contribution < -0.4 is 4.74 Å². The fourth-order valence-corrected chi connectivity index (χ4v) is 1.54. The molecule has 0 aromatic heterocycles. The van der Waals surface area contributed by atoms with Crippen molar-refractivity contribution in [2.24, 2.45) is 0 Å². The van der Waals surface area contributed by atoms with Crippen LogP contribution in [0, 0.1) is 13.8 Å². The summed E-state index contributed by atoms with van der Waals surface area (Å²) >= 11 is 7.65. The van der Waals surface area contributed by atoms with Crippen molar-refractivity contribution in [2.45, 2.75) is 13.8 Å². The molecule has 1 rings (SSSR count). The molecule has 0 aliphatic rings. The van der Waals surface area contributed by atoms with Crippen molar-refractivity contribution < 1.29 is 4.74 Å². The topological polar surface area (TPSA) is 9.23 Å². The van der Waals surface area contributed by atoms with Gasteiger partial charge in [0.05, 0.1) is 0 Å². The van der Waals surface area contributed by atoms with E-state index in [1.165, 1.54) is 11.1 Å². The predicted molar refractivity (Wildman–Crippen MR) is 72.1 cm³/mol. The molecule has 0 spiro atoms. The van der Waals surface area contributed by atoms with Crippen LogP contribution in [0.2, 0.25) is 0 Å². The first-order chi connectivity index (χ1) is 7.04. The lowest BCUT2D eigenvalue weighted by Gasteiger charge is -2.10. The van der Waals surface area contributed by atoms with E-state index in [0.29, 0.717) is 12.4 Å². The molecule has 1 aromatic rings. The zero-order valence-electron chi connectivity index (χ0n) is 9.01. The van der Waals surface area contributed by atoms with Crippen molar-refractivity contribution in [1.29, 1.82) is 0 Å². The van der Waals surface area contributed by atoms with E-state index in [9.17, 15) is 0 Å². The lowest BCUT2D eigenvalue weighted by atomic mass is 10.1. The molecule has 1 nitrogen and oxygen atoms in total. The number of aryl methyl sites for hydroxylation is 2. The molecule has 0 radical (unpaired) electrons. The van der Waals surface area contributed by atoms with Gasteiger partial charge in [-0.1, -0.05) is 22.5 Å². The fraction of sp³-hybridized carbons (Fsp3) is 0.333. The van der Waals surface area contributed by atoms with Crippen molar-refractivity contribution in [3.05, 3.63) is 39.9 Å². The lowest BCUT2D eigenvalue weighted by molar-refractivity contribution is 0.353. The Morgan fingerprint density at radius 3 is 2.40 bits per heavy atom. The molecule has 1 aromatic carbocycles. The Bertz CT molecular complexity index is 351. The molecule has 0 saturated carbocycles. The SMILES string of the molecule is C=C(CS)COc1cc(C)c(Br)c(C)c1. The van der Waals surface area contributed by atoms with E-state index in [2.05, 4.69) is 49.0 Å². The first kappa shape index (κ1) is 12.7. The van der Waals surface area contributed by atoms with Crippen molar-refractivity contribution >= 4 is 28.6 Å². The minimum absolute atomic E-state index is 0.532. The van der Waals surface area contributed by atoms with E-state index in [0.717, 1.165) is 15.8 Å². The normalized spacial score (nSPS) is 10.1. The van der Waals surface area contributed by atoms with Gasteiger partial charge in [0.1, 0.15) is 12.4 Å². The van der Waals surface area contributed by atoms with Gasteiger partial charge in [-0.15, -0.1) is 0 Å². The number of hydrogen-bond donors (Lipinski definition) is 1. The molecule has 0 heterocycles. The van der Waals surface area contributed by atoms with Gasteiger partial charge in [-0.05, 0) is 42.7 Å². The quantitative estimate of drug-likeness (QED) is 0.652. The van der Waals surface area contributed by atoms with Crippen LogP contribution in [0.4, 0.5) is 0 Å². The summed E-state index contributed by atoms with van der Waals surface area (Å²) in [7, 11) is 0. The second-order valence-electron chi connectivity index (χ2n) is 3.57. The van der Waals surface area contributed by atoms with Gasteiger partial charge in [0.2, 0.25) is 0 Å². The van der Waals surface area contributed by atoms with E-state index in [1.807, 2.05) is 12.1 Å². The highest BCUT2D eigenvalue weighted by atomic mass is 79.9. The van der Waals surface area contributed by atoms with Gasteiger partial charge < -0.3 is 4.74 Å². The second kappa shape index (κ2) is 5.61. The molecular formula is C12H15BrOS. The molecular weight excluding hydrogens is 272 g/mol. The Hall–Kier alpha value is -0.410. The van der Waals surface area contributed by atoms with Gasteiger partial charge in [-0.3, -0.25) is 0 Å². The van der Waals surface area contributed by atoms with Crippen LogP contribution in [0.1, 0.15) is 11.1 Å². The highest BCUT2D eigenvalue weighted by Gasteiger charge is 2.03. The molecule has 0 amide bonds. The van der Waals surface area contributed by atoms with Crippen LogP contribution >= 0.6 is 28.6 Å². The average Bonchev–Trinajstić information content (AvgIpc) is 2.22. The molecule has 3 heteroatoms. The summed E-state index contributed by atoms with van der Waals surface area (Å²) in [6.45, 7) is 8.48. The molecule has 0 fully saturated rings. The van der Waals surface area contributed by atoms with E-state index >= 15 is 0 Å². The van der Waals surface area contributed by atoms with E-state index in [4.69, 9.17) is 4.74 Å². The Kier molecular flexibility index (Phi) is 4.74. The maximum atomic E-state index is 5.61. The average molecular weight is 287 g/mol. The molecule has 0 bridgehead atoms. The first-order valence-corrected chi connectivity index (χ1v) is 6.14. The number of rotatable bonds is 4. The number of ether oxygens (including phenoxy) is 1. The van der Waals surface area contributed by atoms with E-state index < -0.39 is 0 Å². The Morgan fingerprint density at radius 1 is 1.40 bits per heavy atom. The van der Waals surface area contributed by atoms with Gasteiger partial charge in [0.15, 0.2) is 0 Å². The molecule has 0 aliphatic carbocycles. The third kappa shape index (κ3) is 3.58. The first-order valence-electron chi connectivity index (χ1n) is 4.71. The monoisotopic (exact) mass is 286 g/mol. The van der Waals surface area contributed by atoms with Crippen LogP contribution in [-0.2, 0) is 0 Å². The van der Waals surface area contributed by atoms with Crippen LogP contribution in [0.5, 0.6) is 5.75 Å². The van der Waals surface area contributed by atoms with E-state index in [1.54, 1.807) is 0 Å². The van der Waals surface area contributed by atoms with Crippen molar-refractivity contribution in [3.63, 3.8) is 0 Å². The predicted octanol–water partition coefficient (Wildman–Crippen LogP) is 3.93. The Labute approximate surface area is 105 Å². The van der Waals surface area contributed by atoms with Crippen molar-refractivity contribution in [1.82, 2.24) is 0 Å². The Morgan fingerprint density at radius 2 is 1.93 bits per heavy atom. The second-order valence-corrected chi connectivity index (χ2v) is 4.68. The summed E-state index contributed by atoms with van der Waals surface area (Å²) in [4.78, 5) is 0. The third-order valence-electron chi connectivity index (χ3n) is 2.08. The molecule has 0 saturated heterocycles. The third-order valence-corrected chi connectivity index (χ3v) is 3.77. The molecule has 0 atom stereocenters. The van der Waals surface area contributed by atoms with Crippen molar-refractivity contribution in [2.75, 3.05) is 12.4 Å². The molecule has 0 N–H and O–H groups in total. The van der Waals surface area contributed by atoms with Gasteiger partial charge in [-0.2, -0.15) is 12.6 Å². The van der Waals surface area contributed by atoms with Gasteiger partial charge >= 0.3 is 0 Å². The number of benzene rings is 1. The number of hydrogen-bond acceptors (Lipinski definition) is 2. The highest BCUT2D eigenvalue weighted by molar-refractivity contribution is 9.10. The zero-order valence-corrected chi connectivity index (χ0v) is 11.5. The van der Waals surface area contributed by atoms with Crippen LogP contribution in [0.3, 0.4) is 0 Å². The summed E-state index contributed by atoms with van der Waals surface area (Å²) < 4.78 is 6.75. The standard InChI is InChI=1S/C12H15BrOS/c1-8(7-15)6-14-11-4-9(2)12(13)10(3)5-11/h4-5,15H,1,6-7H2,2-3H3. The Balaban J connectivity index is 2.75. The minimum Gasteiger partial charge on any atom is -0.489 e. The highest BCUT2D eigenvalue weighted by Crippen LogP contribution is 2.26. The van der Waals surface area contributed by atoms with Gasteiger partial charge in [-0.25, -0.2) is 0 Å². The van der Waals surface area contributed by atoms with Gasteiger partial charge in [0.25, 0.3) is 0 Å². The van der Waals surface area contributed by atoms with E-state index in [-0.39, 0.29) is 0 Å². The number of halogens is 1. The molecule has 0 aliphatic heterocycles. The minimum atomic E-state index is 0.532. The summed E-state index contributed by atoms with van der Waals surface area (Å²) in [6.07, 6.45) is 0. The van der Waals surface area contributed by atoms with Crippen LogP contribution in [-0.4, -0.2) is 12.4 Å². The molecule has 15 heavy (non-hydrogen) atoms. The molecule has 82 valence electrons. The van der Waals surface area contributed by atoms with Crippen molar-refractivity contribution in [3.8, 4) is 5.75 Å². The van der Waals surface area contributed by atoms with Gasteiger partial charge in [0, 0.05) is 10.2 Å². The summed E-state index contributed by atoms with van der Waals surface area (Å²) in [6, 6.07) is 4.03. The smallest absolute Gasteiger partial charge is 0.120 e. The van der Waals surface area contributed by atoms with Crippen LogP contribution in [0.15, 0.2) is 28.8 Å². The summed E-state index contributed by atoms with van der Waals surface area (Å²) in [5.74, 6) is 1.55. The fourth-order valence-electron chi connectivity index (χ4n) is 1.22. The summed E-state index contributed by atoms with van der Waals surface area (Å²) in [5, 5.41) is 0. The molecule has 0 unspecified atom stereocenters. The lowest BCUT2D eigenvalue weighted by Crippen LogP contribution is -2.01. The maximum Gasteiger partial charge on any atom is 0.120 e. The number of thiol groups is 1. The van der Waals surface area contributed by atoms with Crippen LogP contribution in [0.25, 0.3) is 0 Å². The zero-order chi connectivity index (χ0) is 11.4.